The molecule has 1 amide bonds. The standard InChI is InChI=1S/C33H33F5N2O3/c1-30-17-26(20-2-4-21(5-3-20)29(42)40-18-19-11-14-39-15-12-19)28-24-9-7-23(41)16-22(24)6-8-25(28)27(30)10-13-31(30,43)32(34,35)33(36,37)38/h2-5,11-12,14-16,25-27,43H,6-10,13,17-18H2,1H3,(H,40,42)/t25?,26-,27+,30?,31+/m1/s1. The van der Waals surface area contributed by atoms with Gasteiger partial charge in [0, 0.05) is 42.3 Å². The zero-order valence-corrected chi connectivity index (χ0v) is 23.7. The van der Waals surface area contributed by atoms with Gasteiger partial charge >= 0.3 is 12.1 Å². The molecule has 0 saturated heterocycles. The van der Waals surface area contributed by atoms with Crippen molar-refractivity contribution >= 4 is 11.7 Å². The number of carbonyl (C=O) groups is 2. The molecule has 0 bridgehead atoms. The van der Waals surface area contributed by atoms with Gasteiger partial charge < -0.3 is 10.4 Å². The van der Waals surface area contributed by atoms with Crippen molar-refractivity contribution in [3.63, 3.8) is 0 Å². The van der Waals surface area contributed by atoms with E-state index in [4.69, 9.17) is 0 Å². The smallest absolute Gasteiger partial charge is 0.383 e. The molecule has 2 fully saturated rings. The van der Waals surface area contributed by atoms with E-state index in [1.165, 1.54) is 6.92 Å². The Kier molecular flexibility index (Phi) is 7.14. The van der Waals surface area contributed by atoms with Crippen LogP contribution in [0.3, 0.4) is 0 Å². The molecule has 1 aromatic carbocycles. The first-order valence-corrected chi connectivity index (χ1v) is 14.7. The maximum Gasteiger partial charge on any atom is 0.456 e. The van der Waals surface area contributed by atoms with Crippen molar-refractivity contribution in [3.8, 4) is 0 Å². The average Bonchev–Trinajstić information content (AvgIpc) is 3.26. The Bertz CT molecular complexity index is 1500. The highest BCUT2D eigenvalue weighted by atomic mass is 19.4. The minimum atomic E-state index is -5.90. The highest BCUT2D eigenvalue weighted by Crippen LogP contribution is 2.70. The first kappa shape index (κ1) is 29.7. The second-order valence-corrected chi connectivity index (χ2v) is 12.6. The molecule has 43 heavy (non-hydrogen) atoms. The van der Waals surface area contributed by atoms with E-state index in [0.29, 0.717) is 43.4 Å². The number of nitrogens with one attached hydrogen (secondary N) is 1. The number of allylic oxidation sites excluding steroid dienone is 4. The normalized spacial score (nSPS) is 30.7. The van der Waals surface area contributed by atoms with Crippen LogP contribution in [0, 0.1) is 17.3 Å². The molecule has 2 unspecified atom stereocenters. The van der Waals surface area contributed by atoms with E-state index in [2.05, 4.69) is 10.3 Å². The number of amides is 1. The number of alkyl halides is 5. The summed E-state index contributed by atoms with van der Waals surface area (Å²) in [5, 5.41) is 14.2. The predicted octanol–water partition coefficient (Wildman–Crippen LogP) is 6.84. The summed E-state index contributed by atoms with van der Waals surface area (Å²) in [4.78, 5) is 29.0. The number of benzene rings is 1. The molecule has 10 heteroatoms. The Morgan fingerprint density at radius 2 is 1.72 bits per heavy atom. The molecular weight excluding hydrogens is 567 g/mol. The van der Waals surface area contributed by atoms with Gasteiger partial charge in [0.1, 0.15) is 5.60 Å². The van der Waals surface area contributed by atoms with E-state index in [1.807, 2.05) is 0 Å². The van der Waals surface area contributed by atoms with E-state index in [0.717, 1.165) is 22.3 Å². The van der Waals surface area contributed by atoms with Gasteiger partial charge in [-0.1, -0.05) is 24.6 Å². The van der Waals surface area contributed by atoms with Crippen LogP contribution in [0.25, 0.3) is 0 Å². The molecule has 1 aromatic heterocycles. The van der Waals surface area contributed by atoms with E-state index in [1.54, 1.807) is 54.9 Å². The molecule has 0 radical (unpaired) electrons. The minimum Gasteiger partial charge on any atom is -0.383 e. The molecule has 4 aliphatic carbocycles. The number of pyridine rings is 1. The maximum absolute atomic E-state index is 15.2. The van der Waals surface area contributed by atoms with Crippen molar-refractivity contribution < 1.29 is 36.6 Å². The number of aromatic nitrogens is 1. The van der Waals surface area contributed by atoms with Gasteiger partial charge in [-0.3, -0.25) is 14.6 Å². The lowest BCUT2D eigenvalue weighted by Crippen LogP contribution is -2.65. The van der Waals surface area contributed by atoms with Crippen LogP contribution < -0.4 is 5.32 Å². The maximum atomic E-state index is 15.2. The third-order valence-corrected chi connectivity index (χ3v) is 10.5. The summed E-state index contributed by atoms with van der Waals surface area (Å²) in [6.07, 6.45) is 0.159. The SMILES string of the molecule is CC12C[C@H](c3ccc(C(=O)NCc4ccncc4)cc3)C3=C4CCC(=O)C=C4CCC3[C@@H]1CC[C@@]2(O)C(F)(F)C(F)(F)F. The van der Waals surface area contributed by atoms with Crippen LogP contribution in [0.5, 0.6) is 0 Å². The number of carbonyl (C=O) groups excluding carboxylic acids is 2. The molecule has 2 N–H and O–H groups in total. The fraction of sp³-hybridized carbons (Fsp3) is 0.485. The topological polar surface area (TPSA) is 79.3 Å². The Hall–Kier alpha value is -3.40. The van der Waals surface area contributed by atoms with E-state index in [-0.39, 0.29) is 30.4 Å². The number of hydrogen-bond acceptors (Lipinski definition) is 4. The van der Waals surface area contributed by atoms with E-state index >= 15 is 8.78 Å². The Morgan fingerprint density at radius 3 is 2.40 bits per heavy atom. The molecule has 4 aliphatic rings. The number of nitrogens with zero attached hydrogens (tertiary/aromatic N) is 1. The van der Waals surface area contributed by atoms with Crippen molar-refractivity contribution in [2.45, 2.75) is 82.0 Å². The summed E-state index contributed by atoms with van der Waals surface area (Å²) in [7, 11) is 0. The molecular formula is C33H33F5N2O3. The van der Waals surface area contributed by atoms with E-state index in [9.17, 15) is 27.9 Å². The number of rotatable bonds is 5. The zero-order chi connectivity index (χ0) is 30.8. The van der Waals surface area contributed by atoms with Crippen LogP contribution >= 0.6 is 0 Å². The lowest BCUT2D eigenvalue weighted by Gasteiger charge is -2.56. The first-order chi connectivity index (χ1) is 20.3. The van der Waals surface area contributed by atoms with Gasteiger partial charge in [-0.2, -0.15) is 22.0 Å². The van der Waals surface area contributed by atoms with Crippen molar-refractivity contribution in [3.05, 3.63) is 88.3 Å². The molecule has 1 heterocycles. The molecule has 5 atom stereocenters. The van der Waals surface area contributed by atoms with Crippen LogP contribution in [0.15, 0.2) is 71.6 Å². The highest BCUT2D eigenvalue weighted by molar-refractivity contribution is 5.94. The zero-order valence-electron chi connectivity index (χ0n) is 23.7. The van der Waals surface area contributed by atoms with Gasteiger partial charge in [0.05, 0.1) is 0 Å². The number of halogens is 5. The van der Waals surface area contributed by atoms with Crippen molar-refractivity contribution in [1.82, 2.24) is 10.3 Å². The molecule has 228 valence electrons. The van der Waals surface area contributed by atoms with Gasteiger partial charge in [-0.05, 0) is 103 Å². The lowest BCUT2D eigenvalue weighted by molar-refractivity contribution is -0.362. The Balaban J connectivity index is 1.38. The number of ketones is 1. The van der Waals surface area contributed by atoms with Crippen molar-refractivity contribution in [2.75, 3.05) is 0 Å². The minimum absolute atomic E-state index is 0.0252. The van der Waals surface area contributed by atoms with Crippen LogP contribution in [0.2, 0.25) is 0 Å². The number of hydrogen-bond donors (Lipinski definition) is 2. The summed E-state index contributed by atoms with van der Waals surface area (Å²) in [6.45, 7) is 1.69. The number of aliphatic hydroxyl groups is 1. The molecule has 2 aromatic rings. The van der Waals surface area contributed by atoms with Gasteiger partial charge in [-0.25, -0.2) is 0 Å². The predicted molar refractivity (Wildman–Crippen MR) is 148 cm³/mol. The molecule has 0 spiro atoms. The second-order valence-electron chi connectivity index (χ2n) is 12.6. The Labute approximate surface area is 246 Å². The molecule has 6 rings (SSSR count). The van der Waals surface area contributed by atoms with Crippen LogP contribution in [-0.4, -0.2) is 39.5 Å². The van der Waals surface area contributed by atoms with Gasteiger partial charge in [-0.15, -0.1) is 0 Å². The largest absolute Gasteiger partial charge is 0.456 e. The fourth-order valence-corrected chi connectivity index (χ4v) is 8.37. The van der Waals surface area contributed by atoms with Crippen molar-refractivity contribution in [1.29, 1.82) is 0 Å². The molecule has 0 aliphatic heterocycles. The average molecular weight is 601 g/mol. The quantitative estimate of drug-likeness (QED) is 0.369. The summed E-state index contributed by atoms with van der Waals surface area (Å²) in [5.41, 5.74) is -0.156. The van der Waals surface area contributed by atoms with Crippen LogP contribution in [0.1, 0.15) is 79.3 Å². The highest BCUT2D eigenvalue weighted by Gasteiger charge is 2.79. The fourth-order valence-electron chi connectivity index (χ4n) is 8.37. The van der Waals surface area contributed by atoms with Crippen molar-refractivity contribution in [2.24, 2.45) is 17.3 Å². The first-order valence-electron chi connectivity index (χ1n) is 14.7. The third-order valence-electron chi connectivity index (χ3n) is 10.5. The van der Waals surface area contributed by atoms with Gasteiger partial charge in [0.15, 0.2) is 5.78 Å². The summed E-state index contributed by atoms with van der Waals surface area (Å²) < 4.78 is 71.6. The molecule has 5 nitrogen and oxygen atoms in total. The third kappa shape index (κ3) is 4.64. The monoisotopic (exact) mass is 600 g/mol. The molecule has 2 saturated carbocycles. The van der Waals surface area contributed by atoms with Crippen LogP contribution in [-0.2, 0) is 11.3 Å². The Morgan fingerprint density at radius 1 is 1.02 bits per heavy atom. The summed E-state index contributed by atoms with van der Waals surface area (Å²) in [5.74, 6) is -7.00. The van der Waals surface area contributed by atoms with E-state index < -0.39 is 41.4 Å². The number of fused-ring (bicyclic) bond motifs is 4. The lowest BCUT2D eigenvalue weighted by atomic mass is 9.50. The van der Waals surface area contributed by atoms with Crippen LogP contribution in [0.4, 0.5) is 22.0 Å². The van der Waals surface area contributed by atoms with Gasteiger partial charge in [0.25, 0.3) is 5.91 Å². The summed E-state index contributed by atoms with van der Waals surface area (Å²) >= 11 is 0. The second kappa shape index (κ2) is 10.4. The summed E-state index contributed by atoms with van der Waals surface area (Å²) in [6, 6.07) is 10.3. The van der Waals surface area contributed by atoms with Gasteiger partial charge in [0.2, 0.25) is 0 Å².